The van der Waals surface area contributed by atoms with Crippen molar-refractivity contribution in [2.24, 2.45) is 5.92 Å². The molecule has 3 rings (SSSR count). The molecule has 1 aromatic carbocycles. The van der Waals surface area contributed by atoms with E-state index in [9.17, 15) is 4.79 Å². The number of piperidine rings is 1. The van der Waals surface area contributed by atoms with Crippen molar-refractivity contribution in [3.05, 3.63) is 35.9 Å². The first kappa shape index (κ1) is 20.2. The van der Waals surface area contributed by atoms with Crippen molar-refractivity contribution < 1.29 is 4.79 Å². The van der Waals surface area contributed by atoms with Crippen molar-refractivity contribution in [3.8, 4) is 0 Å². The molecule has 0 unspecified atom stereocenters. The van der Waals surface area contributed by atoms with Crippen LogP contribution >= 0.6 is 34.8 Å². The Kier molecular flexibility index (Phi) is 7.09. The van der Waals surface area contributed by atoms with E-state index in [1.807, 2.05) is 18.2 Å². The van der Waals surface area contributed by atoms with Crippen LogP contribution < -0.4 is 10.6 Å². The van der Waals surface area contributed by atoms with Gasteiger partial charge in [-0.2, -0.15) is 0 Å². The van der Waals surface area contributed by atoms with E-state index in [0.717, 1.165) is 26.1 Å². The van der Waals surface area contributed by atoms with Crippen LogP contribution in [0.5, 0.6) is 0 Å². The molecule has 7 heteroatoms. The Labute approximate surface area is 170 Å². The zero-order chi connectivity index (χ0) is 18.6. The summed E-state index contributed by atoms with van der Waals surface area (Å²) in [6.45, 7) is 3.80. The third kappa shape index (κ3) is 5.74. The molecule has 0 bridgehead atoms. The summed E-state index contributed by atoms with van der Waals surface area (Å²) in [5.41, 5.74) is 1.19. The SMILES string of the molecule is O=C(N[C@H](NCCN1CCCCC1)C(Cl)(Cl)Cl)[C@H]1C[C@@H]1c1ccccc1. The van der Waals surface area contributed by atoms with Gasteiger partial charge < -0.3 is 10.2 Å². The van der Waals surface area contributed by atoms with E-state index in [4.69, 9.17) is 34.8 Å². The molecule has 1 saturated carbocycles. The molecule has 1 aliphatic carbocycles. The topological polar surface area (TPSA) is 44.4 Å². The van der Waals surface area contributed by atoms with Crippen LogP contribution in [0.3, 0.4) is 0 Å². The molecule has 1 amide bonds. The molecule has 1 aromatic rings. The van der Waals surface area contributed by atoms with Crippen LogP contribution in [0.4, 0.5) is 0 Å². The quantitative estimate of drug-likeness (QED) is 0.524. The van der Waals surface area contributed by atoms with Gasteiger partial charge in [-0.25, -0.2) is 0 Å². The lowest BCUT2D eigenvalue weighted by Crippen LogP contribution is -2.55. The Morgan fingerprint density at radius 3 is 2.50 bits per heavy atom. The lowest BCUT2D eigenvalue weighted by Gasteiger charge is -2.30. The average Bonchev–Trinajstić information content (AvgIpc) is 3.42. The minimum absolute atomic E-state index is 0.0452. The Morgan fingerprint density at radius 1 is 1.15 bits per heavy atom. The Hall–Kier alpha value is -0.520. The van der Waals surface area contributed by atoms with Gasteiger partial charge in [0.1, 0.15) is 6.17 Å². The van der Waals surface area contributed by atoms with Crippen molar-refractivity contribution in [1.82, 2.24) is 15.5 Å². The molecular formula is C19H26Cl3N3O. The fourth-order valence-corrected chi connectivity index (χ4v) is 4.00. The first-order valence-electron chi connectivity index (χ1n) is 9.33. The van der Waals surface area contributed by atoms with Crippen LogP contribution in [-0.2, 0) is 4.79 Å². The maximum absolute atomic E-state index is 12.6. The molecular weight excluding hydrogens is 393 g/mol. The summed E-state index contributed by atoms with van der Waals surface area (Å²) < 4.78 is -1.59. The van der Waals surface area contributed by atoms with Crippen molar-refractivity contribution in [2.45, 2.75) is 41.6 Å². The number of alkyl halides is 3. The van der Waals surface area contributed by atoms with E-state index in [1.54, 1.807) is 0 Å². The summed E-state index contributed by atoms with van der Waals surface area (Å²) in [6.07, 6.45) is 3.94. The van der Waals surface area contributed by atoms with Crippen LogP contribution in [0.15, 0.2) is 30.3 Å². The third-order valence-electron chi connectivity index (χ3n) is 5.19. The normalized spacial score (nSPS) is 24.9. The number of amides is 1. The van der Waals surface area contributed by atoms with Gasteiger partial charge in [0, 0.05) is 19.0 Å². The van der Waals surface area contributed by atoms with E-state index < -0.39 is 9.96 Å². The number of likely N-dealkylation sites (tertiary alicyclic amines) is 1. The van der Waals surface area contributed by atoms with E-state index in [1.165, 1.54) is 24.8 Å². The van der Waals surface area contributed by atoms with Gasteiger partial charge in [0.2, 0.25) is 9.70 Å². The summed E-state index contributed by atoms with van der Waals surface area (Å²) in [5, 5.41) is 6.10. The zero-order valence-corrected chi connectivity index (χ0v) is 17.0. The fraction of sp³-hybridized carbons (Fsp3) is 0.632. The lowest BCUT2D eigenvalue weighted by atomic mass is 10.1. The average molecular weight is 419 g/mol. The number of hydrogen-bond acceptors (Lipinski definition) is 3. The predicted molar refractivity (Wildman–Crippen MR) is 108 cm³/mol. The lowest BCUT2D eigenvalue weighted by molar-refractivity contribution is -0.123. The van der Waals surface area contributed by atoms with E-state index in [0.29, 0.717) is 6.54 Å². The molecule has 4 nitrogen and oxygen atoms in total. The molecule has 3 atom stereocenters. The standard InChI is InChI=1S/C19H26Cl3N3O/c20-19(21,22)18(23-9-12-25-10-5-2-6-11-25)24-17(26)16-13-15(16)14-7-3-1-4-8-14/h1,3-4,7-8,15-16,18,23H,2,5-6,9-13H2,(H,24,26)/t15-,16+,18+/m1/s1. The van der Waals surface area contributed by atoms with Crippen molar-refractivity contribution >= 4 is 40.7 Å². The second-order valence-corrected chi connectivity index (χ2v) is 9.57. The number of benzene rings is 1. The van der Waals surface area contributed by atoms with E-state index in [-0.39, 0.29) is 17.7 Å². The molecule has 2 fully saturated rings. The monoisotopic (exact) mass is 417 g/mol. The fourth-order valence-electron chi connectivity index (χ4n) is 3.60. The number of hydrogen-bond donors (Lipinski definition) is 2. The van der Waals surface area contributed by atoms with Gasteiger partial charge in [-0.05, 0) is 43.8 Å². The first-order valence-corrected chi connectivity index (χ1v) is 10.5. The van der Waals surface area contributed by atoms with Crippen molar-refractivity contribution in [1.29, 1.82) is 0 Å². The molecule has 0 spiro atoms. The molecule has 1 aliphatic heterocycles. The van der Waals surface area contributed by atoms with Crippen LogP contribution in [-0.4, -0.2) is 46.9 Å². The van der Waals surface area contributed by atoms with E-state index in [2.05, 4.69) is 27.7 Å². The van der Waals surface area contributed by atoms with Gasteiger partial charge >= 0.3 is 0 Å². The van der Waals surface area contributed by atoms with Gasteiger partial charge in [-0.1, -0.05) is 71.6 Å². The third-order valence-corrected chi connectivity index (χ3v) is 5.85. The van der Waals surface area contributed by atoms with Gasteiger partial charge in [-0.3, -0.25) is 10.1 Å². The van der Waals surface area contributed by atoms with Crippen molar-refractivity contribution in [3.63, 3.8) is 0 Å². The predicted octanol–water partition coefficient (Wildman–Crippen LogP) is 3.68. The summed E-state index contributed by atoms with van der Waals surface area (Å²) in [5.74, 6) is 0.164. The molecule has 2 aliphatic rings. The Bertz CT molecular complexity index is 587. The van der Waals surface area contributed by atoms with Crippen LogP contribution in [0.2, 0.25) is 0 Å². The second-order valence-electron chi connectivity index (χ2n) is 7.20. The van der Waals surface area contributed by atoms with Gasteiger partial charge in [-0.15, -0.1) is 0 Å². The molecule has 1 heterocycles. The highest BCUT2D eigenvalue weighted by molar-refractivity contribution is 6.68. The summed E-state index contributed by atoms with van der Waals surface area (Å²) >= 11 is 18.2. The maximum atomic E-state index is 12.6. The van der Waals surface area contributed by atoms with Crippen LogP contribution in [0.1, 0.15) is 37.2 Å². The van der Waals surface area contributed by atoms with Crippen LogP contribution in [0.25, 0.3) is 0 Å². The minimum atomic E-state index is -1.59. The number of rotatable bonds is 7. The number of halogens is 3. The number of nitrogens with zero attached hydrogens (tertiary/aromatic N) is 1. The highest BCUT2D eigenvalue weighted by Gasteiger charge is 2.45. The molecule has 144 valence electrons. The smallest absolute Gasteiger partial charge is 0.225 e. The highest BCUT2D eigenvalue weighted by Crippen LogP contribution is 2.47. The first-order chi connectivity index (χ1) is 12.4. The summed E-state index contributed by atoms with van der Waals surface area (Å²) in [7, 11) is 0. The van der Waals surface area contributed by atoms with Gasteiger partial charge in [0.25, 0.3) is 0 Å². The number of carbonyl (C=O) groups excluding carboxylic acids is 1. The summed E-state index contributed by atoms with van der Waals surface area (Å²) in [6, 6.07) is 10.1. The summed E-state index contributed by atoms with van der Waals surface area (Å²) in [4.78, 5) is 15.0. The zero-order valence-electron chi connectivity index (χ0n) is 14.8. The molecule has 2 N–H and O–H groups in total. The Morgan fingerprint density at radius 2 is 1.85 bits per heavy atom. The molecule has 1 saturated heterocycles. The highest BCUT2D eigenvalue weighted by atomic mass is 35.6. The maximum Gasteiger partial charge on any atom is 0.225 e. The largest absolute Gasteiger partial charge is 0.336 e. The van der Waals surface area contributed by atoms with E-state index >= 15 is 0 Å². The van der Waals surface area contributed by atoms with Crippen molar-refractivity contribution in [2.75, 3.05) is 26.2 Å². The Balaban J connectivity index is 1.48. The molecule has 0 radical (unpaired) electrons. The second kappa shape index (κ2) is 9.11. The van der Waals surface area contributed by atoms with Crippen LogP contribution in [0, 0.1) is 5.92 Å². The molecule has 26 heavy (non-hydrogen) atoms. The van der Waals surface area contributed by atoms with Gasteiger partial charge in [0.05, 0.1) is 0 Å². The van der Waals surface area contributed by atoms with Gasteiger partial charge in [0.15, 0.2) is 0 Å². The minimum Gasteiger partial charge on any atom is -0.336 e. The number of nitrogens with one attached hydrogen (secondary N) is 2. The molecule has 0 aromatic heterocycles. The number of carbonyl (C=O) groups is 1.